The zero-order valence-electron chi connectivity index (χ0n) is 17.4. The average Bonchev–Trinajstić information content (AvgIpc) is 3.52. The molecule has 0 aliphatic carbocycles. The van der Waals surface area contributed by atoms with Gasteiger partial charge in [-0.3, -0.25) is 9.59 Å². The summed E-state index contributed by atoms with van der Waals surface area (Å²) >= 11 is 4.55. The largest absolute Gasteiger partial charge is 0.347 e. The number of anilines is 1. The van der Waals surface area contributed by atoms with Crippen LogP contribution in [0.25, 0.3) is 10.6 Å². The van der Waals surface area contributed by atoms with Gasteiger partial charge in [-0.1, -0.05) is 11.8 Å². The van der Waals surface area contributed by atoms with Crippen LogP contribution in [-0.4, -0.2) is 37.3 Å². The molecule has 0 fully saturated rings. The molecule has 0 saturated carbocycles. The molecular formula is C21H20N6O2S3. The van der Waals surface area contributed by atoms with Crippen molar-refractivity contribution in [3.63, 3.8) is 0 Å². The number of amides is 2. The van der Waals surface area contributed by atoms with E-state index in [1.165, 1.54) is 11.8 Å². The highest BCUT2D eigenvalue weighted by atomic mass is 32.2. The quantitative estimate of drug-likeness (QED) is 0.367. The summed E-state index contributed by atoms with van der Waals surface area (Å²) < 4.78 is 1.75. The number of carbonyl (C=O) groups is 2. The van der Waals surface area contributed by atoms with Gasteiger partial charge in [0.05, 0.1) is 27.9 Å². The molecule has 0 aliphatic rings. The Kier molecular flexibility index (Phi) is 6.98. The molecule has 4 aromatic rings. The first-order chi connectivity index (χ1) is 15.5. The fourth-order valence-corrected chi connectivity index (χ4v) is 5.08. The van der Waals surface area contributed by atoms with Gasteiger partial charge in [0.1, 0.15) is 6.33 Å². The van der Waals surface area contributed by atoms with Gasteiger partial charge in [-0.15, -0.1) is 32.9 Å². The monoisotopic (exact) mass is 484 g/mol. The van der Waals surface area contributed by atoms with E-state index >= 15 is 0 Å². The van der Waals surface area contributed by atoms with Crippen LogP contribution in [0.5, 0.6) is 0 Å². The van der Waals surface area contributed by atoms with Crippen LogP contribution in [0.3, 0.4) is 0 Å². The Labute approximate surface area is 197 Å². The van der Waals surface area contributed by atoms with E-state index in [-0.39, 0.29) is 17.6 Å². The summed E-state index contributed by atoms with van der Waals surface area (Å²) in [5.74, 6) is -0.0999. The number of thiophene rings is 1. The van der Waals surface area contributed by atoms with Crippen molar-refractivity contribution in [3.8, 4) is 10.6 Å². The zero-order valence-corrected chi connectivity index (χ0v) is 19.8. The van der Waals surface area contributed by atoms with Crippen molar-refractivity contribution in [2.45, 2.75) is 18.6 Å². The number of nitrogens with zero attached hydrogens (tertiary/aromatic N) is 4. The van der Waals surface area contributed by atoms with Crippen molar-refractivity contribution in [1.29, 1.82) is 0 Å². The molecule has 0 saturated heterocycles. The fourth-order valence-electron chi connectivity index (χ4n) is 2.79. The summed E-state index contributed by atoms with van der Waals surface area (Å²) in [6, 6.07) is 10.9. The van der Waals surface area contributed by atoms with E-state index in [9.17, 15) is 9.59 Å². The van der Waals surface area contributed by atoms with Gasteiger partial charge >= 0.3 is 0 Å². The first-order valence-electron chi connectivity index (χ1n) is 9.64. The molecule has 3 heterocycles. The maximum atomic E-state index is 12.5. The van der Waals surface area contributed by atoms with Gasteiger partial charge in [0.15, 0.2) is 5.16 Å². The zero-order chi connectivity index (χ0) is 22.5. The SMILES string of the molecule is Cc1nc(-c2ccc(CNC(=O)c3ccc(NC(=O)CSc4nncn4C)cc3)s2)cs1. The van der Waals surface area contributed by atoms with Crippen LogP contribution < -0.4 is 10.6 Å². The molecule has 3 aromatic heterocycles. The highest BCUT2D eigenvalue weighted by molar-refractivity contribution is 7.99. The molecule has 0 bridgehead atoms. The molecule has 8 nitrogen and oxygen atoms in total. The van der Waals surface area contributed by atoms with E-state index in [0.717, 1.165) is 20.5 Å². The third kappa shape index (κ3) is 5.61. The minimum atomic E-state index is -0.167. The predicted octanol–water partition coefficient (Wildman–Crippen LogP) is 3.97. The van der Waals surface area contributed by atoms with Crippen molar-refractivity contribution < 1.29 is 9.59 Å². The Bertz CT molecular complexity index is 1230. The van der Waals surface area contributed by atoms with E-state index in [2.05, 4.69) is 25.8 Å². The van der Waals surface area contributed by atoms with Crippen molar-refractivity contribution in [2.24, 2.45) is 7.05 Å². The highest BCUT2D eigenvalue weighted by Crippen LogP contribution is 2.29. The molecule has 4 rings (SSSR count). The lowest BCUT2D eigenvalue weighted by atomic mass is 10.2. The molecule has 164 valence electrons. The second-order valence-electron chi connectivity index (χ2n) is 6.84. The molecular weight excluding hydrogens is 464 g/mol. The van der Waals surface area contributed by atoms with Crippen LogP contribution in [0.4, 0.5) is 5.69 Å². The smallest absolute Gasteiger partial charge is 0.251 e. The molecule has 0 radical (unpaired) electrons. The lowest BCUT2D eigenvalue weighted by Crippen LogP contribution is -2.22. The average molecular weight is 485 g/mol. The van der Waals surface area contributed by atoms with E-state index in [4.69, 9.17) is 0 Å². The van der Waals surface area contributed by atoms with Crippen LogP contribution in [0.2, 0.25) is 0 Å². The van der Waals surface area contributed by atoms with E-state index in [0.29, 0.717) is 23.0 Å². The molecule has 11 heteroatoms. The summed E-state index contributed by atoms with van der Waals surface area (Å²) in [6.45, 7) is 2.43. The van der Waals surface area contributed by atoms with Crippen LogP contribution >= 0.6 is 34.4 Å². The number of thiazole rings is 1. The number of thioether (sulfide) groups is 1. The Hall–Kier alpha value is -3.02. The van der Waals surface area contributed by atoms with Crippen LogP contribution in [0.15, 0.2) is 53.3 Å². The van der Waals surface area contributed by atoms with Crippen LogP contribution in [0.1, 0.15) is 20.2 Å². The van der Waals surface area contributed by atoms with Crippen LogP contribution in [0, 0.1) is 6.92 Å². The summed E-state index contributed by atoms with van der Waals surface area (Å²) in [7, 11) is 1.82. The lowest BCUT2D eigenvalue weighted by molar-refractivity contribution is -0.113. The topological polar surface area (TPSA) is 102 Å². The minimum Gasteiger partial charge on any atom is -0.347 e. The Morgan fingerprint density at radius 1 is 1.16 bits per heavy atom. The highest BCUT2D eigenvalue weighted by Gasteiger charge is 2.10. The third-order valence-corrected chi connectivity index (χ3v) is 7.30. The van der Waals surface area contributed by atoms with Gasteiger partial charge in [-0.25, -0.2) is 4.98 Å². The maximum absolute atomic E-state index is 12.5. The molecule has 0 unspecified atom stereocenters. The fraction of sp³-hybridized carbons (Fsp3) is 0.190. The van der Waals surface area contributed by atoms with Crippen molar-refractivity contribution in [1.82, 2.24) is 25.1 Å². The van der Waals surface area contributed by atoms with Crippen molar-refractivity contribution >= 4 is 51.9 Å². The molecule has 2 N–H and O–H groups in total. The van der Waals surface area contributed by atoms with E-state index in [1.54, 1.807) is 57.8 Å². The van der Waals surface area contributed by atoms with Crippen LogP contribution in [-0.2, 0) is 18.4 Å². The first-order valence-corrected chi connectivity index (χ1v) is 12.3. The van der Waals surface area contributed by atoms with Gasteiger partial charge in [0.25, 0.3) is 5.91 Å². The number of aromatic nitrogens is 4. The number of carbonyl (C=O) groups excluding carboxylic acids is 2. The number of hydrogen-bond acceptors (Lipinski definition) is 8. The normalized spacial score (nSPS) is 10.8. The molecule has 0 atom stereocenters. The van der Waals surface area contributed by atoms with E-state index in [1.807, 2.05) is 31.5 Å². The summed E-state index contributed by atoms with van der Waals surface area (Å²) in [5.41, 5.74) is 2.14. The number of hydrogen-bond donors (Lipinski definition) is 2. The third-order valence-electron chi connectivity index (χ3n) is 4.39. The first kappa shape index (κ1) is 22.2. The molecule has 0 spiro atoms. The lowest BCUT2D eigenvalue weighted by Gasteiger charge is -2.07. The molecule has 32 heavy (non-hydrogen) atoms. The van der Waals surface area contributed by atoms with Gasteiger partial charge in [0.2, 0.25) is 5.91 Å². The number of rotatable bonds is 8. The number of aryl methyl sites for hydroxylation is 2. The summed E-state index contributed by atoms with van der Waals surface area (Å²) in [6.07, 6.45) is 1.59. The number of benzene rings is 1. The Morgan fingerprint density at radius 2 is 1.97 bits per heavy atom. The Balaban J connectivity index is 1.26. The maximum Gasteiger partial charge on any atom is 0.251 e. The van der Waals surface area contributed by atoms with Gasteiger partial charge in [0, 0.05) is 28.6 Å². The standard InChI is InChI=1S/C21H20N6O2S3/c1-13-24-17(10-30-13)18-8-7-16(32-18)9-22-20(29)14-3-5-15(6-4-14)25-19(28)11-31-21-26-23-12-27(21)2/h3-8,10,12H,9,11H2,1-2H3,(H,22,29)(H,25,28). The van der Waals surface area contributed by atoms with Gasteiger partial charge < -0.3 is 15.2 Å². The summed E-state index contributed by atoms with van der Waals surface area (Å²) in [5, 5.41) is 17.2. The summed E-state index contributed by atoms with van der Waals surface area (Å²) in [4.78, 5) is 31.3. The molecule has 2 amide bonds. The van der Waals surface area contributed by atoms with Gasteiger partial charge in [-0.2, -0.15) is 0 Å². The number of nitrogens with one attached hydrogen (secondary N) is 2. The van der Waals surface area contributed by atoms with Gasteiger partial charge in [-0.05, 0) is 43.3 Å². The second kappa shape index (κ2) is 10.1. The van der Waals surface area contributed by atoms with Crippen molar-refractivity contribution in [3.05, 3.63) is 63.6 Å². The second-order valence-corrected chi connectivity index (χ2v) is 10.0. The molecule has 1 aromatic carbocycles. The Morgan fingerprint density at radius 3 is 2.66 bits per heavy atom. The van der Waals surface area contributed by atoms with E-state index < -0.39 is 0 Å². The predicted molar refractivity (Wildman–Crippen MR) is 128 cm³/mol. The minimum absolute atomic E-state index is 0.154. The van der Waals surface area contributed by atoms with Crippen molar-refractivity contribution in [2.75, 3.05) is 11.1 Å². The molecule has 0 aliphatic heterocycles.